The molecule has 0 spiro atoms. The average Bonchev–Trinajstić information content (AvgIpc) is 2.61. The number of hydrogen-bond acceptors (Lipinski definition) is 3. The van der Waals surface area contributed by atoms with Gasteiger partial charge in [0.25, 0.3) is 0 Å². The van der Waals surface area contributed by atoms with Crippen LogP contribution in [0.1, 0.15) is 23.1 Å². The number of hydrogen-bond donors (Lipinski definition) is 3. The van der Waals surface area contributed by atoms with Crippen LogP contribution in [-0.4, -0.2) is 23.1 Å². The monoisotopic (exact) mass is 414 g/mol. The molecule has 0 aliphatic heterocycles. The van der Waals surface area contributed by atoms with Crippen LogP contribution in [0.3, 0.4) is 0 Å². The van der Waals surface area contributed by atoms with Crippen LogP contribution in [0.15, 0.2) is 48.5 Å². The van der Waals surface area contributed by atoms with Crippen molar-refractivity contribution in [3.8, 4) is 0 Å². The fraction of sp³-hybridized carbons (Fsp3) is 0.263. The molecule has 3 N–H and O–H groups in total. The highest BCUT2D eigenvalue weighted by Gasteiger charge is 2.30. The Hall–Kier alpha value is -2.58. The van der Waals surface area contributed by atoms with E-state index in [2.05, 4.69) is 5.32 Å². The first-order valence-electron chi connectivity index (χ1n) is 8.30. The third-order valence-corrected chi connectivity index (χ3v) is 4.17. The van der Waals surface area contributed by atoms with Crippen LogP contribution in [0.5, 0.6) is 0 Å². The van der Waals surface area contributed by atoms with Crippen LogP contribution in [0, 0.1) is 0 Å². The molecule has 0 unspecified atom stereocenters. The van der Waals surface area contributed by atoms with E-state index < -0.39 is 23.7 Å². The summed E-state index contributed by atoms with van der Waals surface area (Å²) in [5.74, 6) is -1.11. The van der Waals surface area contributed by atoms with E-state index >= 15 is 0 Å². The number of halogens is 4. The summed E-state index contributed by atoms with van der Waals surface area (Å²) in [6.45, 7) is 0. The quantitative estimate of drug-likeness (QED) is 0.479. The first kappa shape index (κ1) is 21.7. The zero-order chi connectivity index (χ0) is 20.7. The van der Waals surface area contributed by atoms with E-state index in [0.29, 0.717) is 16.1 Å². The molecular formula is C19H18ClF3N2O3. The maximum absolute atomic E-state index is 12.7. The van der Waals surface area contributed by atoms with Crippen LogP contribution in [0.4, 0.5) is 13.2 Å². The van der Waals surface area contributed by atoms with Gasteiger partial charge < -0.3 is 5.32 Å². The second-order valence-corrected chi connectivity index (χ2v) is 6.65. The molecule has 0 bridgehead atoms. The van der Waals surface area contributed by atoms with Gasteiger partial charge in [0, 0.05) is 17.5 Å². The summed E-state index contributed by atoms with van der Waals surface area (Å²) in [4.78, 5) is 23.8. The predicted octanol–water partition coefficient (Wildman–Crippen LogP) is 3.52. The fourth-order valence-corrected chi connectivity index (χ4v) is 2.88. The fourth-order valence-electron chi connectivity index (χ4n) is 2.67. The van der Waals surface area contributed by atoms with Crippen molar-refractivity contribution in [2.24, 2.45) is 0 Å². The van der Waals surface area contributed by atoms with Crippen molar-refractivity contribution in [2.75, 3.05) is 0 Å². The van der Waals surface area contributed by atoms with Gasteiger partial charge in [-0.25, -0.2) is 5.48 Å². The summed E-state index contributed by atoms with van der Waals surface area (Å²) in [7, 11) is 0. The summed E-state index contributed by atoms with van der Waals surface area (Å²) >= 11 is 5.88. The molecule has 0 aliphatic rings. The number of rotatable bonds is 7. The Balaban J connectivity index is 2.06. The number of carbonyl (C=O) groups is 2. The van der Waals surface area contributed by atoms with E-state index in [9.17, 15) is 22.8 Å². The second-order valence-electron chi connectivity index (χ2n) is 6.21. The van der Waals surface area contributed by atoms with Gasteiger partial charge in [0.15, 0.2) is 0 Å². The van der Waals surface area contributed by atoms with Crippen molar-refractivity contribution >= 4 is 23.4 Å². The molecule has 0 saturated heterocycles. The standard InChI is InChI=1S/C19H18ClF3N2O3/c20-15-3-1-2-13(8-15)10-17(26)24-16(11-18(27)25-28)9-12-4-6-14(7-5-12)19(21,22)23/h1-8,16,28H,9-11H2,(H,24,26)(H,25,27)/t16-/m0/s1. The minimum Gasteiger partial charge on any atom is -0.352 e. The lowest BCUT2D eigenvalue weighted by Crippen LogP contribution is -2.40. The molecule has 2 aromatic rings. The van der Waals surface area contributed by atoms with E-state index in [-0.39, 0.29) is 25.2 Å². The van der Waals surface area contributed by atoms with Gasteiger partial charge in [0.05, 0.1) is 12.0 Å². The number of alkyl halides is 3. The summed E-state index contributed by atoms with van der Waals surface area (Å²) in [5, 5.41) is 11.9. The summed E-state index contributed by atoms with van der Waals surface area (Å²) in [6, 6.07) is 10.5. The van der Waals surface area contributed by atoms with E-state index in [1.54, 1.807) is 24.3 Å². The number of carbonyl (C=O) groups excluding carboxylic acids is 2. The number of nitrogens with one attached hydrogen (secondary N) is 2. The Morgan fingerprint density at radius 2 is 1.71 bits per heavy atom. The molecule has 0 radical (unpaired) electrons. The zero-order valence-electron chi connectivity index (χ0n) is 14.6. The maximum atomic E-state index is 12.7. The Labute approximate surface area is 164 Å². The minimum absolute atomic E-state index is 0.0187. The molecule has 2 amide bonds. The molecule has 0 saturated carbocycles. The molecule has 0 fully saturated rings. The minimum atomic E-state index is -4.44. The Bertz CT molecular complexity index is 826. The third-order valence-electron chi connectivity index (χ3n) is 3.94. The lowest BCUT2D eigenvalue weighted by Gasteiger charge is -2.18. The molecule has 0 aromatic heterocycles. The van der Waals surface area contributed by atoms with Crippen LogP contribution in [0.25, 0.3) is 0 Å². The van der Waals surface area contributed by atoms with Gasteiger partial charge in [-0.15, -0.1) is 0 Å². The number of hydroxylamine groups is 1. The van der Waals surface area contributed by atoms with Crippen molar-refractivity contribution in [1.29, 1.82) is 0 Å². The molecule has 150 valence electrons. The molecule has 9 heteroatoms. The second kappa shape index (κ2) is 9.57. The number of benzene rings is 2. The van der Waals surface area contributed by atoms with Gasteiger partial charge in [0.2, 0.25) is 11.8 Å². The summed E-state index contributed by atoms with van der Waals surface area (Å²) in [5.41, 5.74) is 1.88. The van der Waals surface area contributed by atoms with Gasteiger partial charge in [-0.1, -0.05) is 35.9 Å². The highest BCUT2D eigenvalue weighted by atomic mass is 35.5. The molecule has 5 nitrogen and oxygen atoms in total. The van der Waals surface area contributed by atoms with Gasteiger partial charge in [-0.05, 0) is 41.8 Å². The van der Waals surface area contributed by atoms with Gasteiger partial charge in [-0.2, -0.15) is 13.2 Å². The van der Waals surface area contributed by atoms with Gasteiger partial charge in [-0.3, -0.25) is 14.8 Å². The topological polar surface area (TPSA) is 78.4 Å². The molecule has 0 heterocycles. The van der Waals surface area contributed by atoms with Crippen molar-refractivity contribution < 1.29 is 28.0 Å². The SMILES string of the molecule is O=C(C[C@H](Cc1ccc(C(F)(F)F)cc1)NC(=O)Cc1cccc(Cl)c1)NO. The van der Waals surface area contributed by atoms with E-state index in [1.165, 1.54) is 17.6 Å². The normalized spacial score (nSPS) is 12.3. The van der Waals surface area contributed by atoms with Crippen LogP contribution in [0.2, 0.25) is 5.02 Å². The van der Waals surface area contributed by atoms with Crippen molar-refractivity contribution in [1.82, 2.24) is 10.8 Å². The first-order chi connectivity index (χ1) is 13.2. The smallest absolute Gasteiger partial charge is 0.352 e. The maximum Gasteiger partial charge on any atom is 0.416 e. The van der Waals surface area contributed by atoms with Crippen molar-refractivity contribution in [3.05, 3.63) is 70.2 Å². The van der Waals surface area contributed by atoms with Crippen LogP contribution < -0.4 is 10.8 Å². The van der Waals surface area contributed by atoms with Gasteiger partial charge in [0.1, 0.15) is 0 Å². The molecule has 1 atom stereocenters. The average molecular weight is 415 g/mol. The van der Waals surface area contributed by atoms with Crippen LogP contribution in [-0.2, 0) is 28.6 Å². The van der Waals surface area contributed by atoms with Crippen molar-refractivity contribution in [2.45, 2.75) is 31.5 Å². The zero-order valence-corrected chi connectivity index (χ0v) is 15.3. The third kappa shape index (κ3) is 6.86. The lowest BCUT2D eigenvalue weighted by molar-refractivity contribution is -0.137. The lowest BCUT2D eigenvalue weighted by atomic mass is 10.0. The molecule has 28 heavy (non-hydrogen) atoms. The van der Waals surface area contributed by atoms with Gasteiger partial charge >= 0.3 is 6.18 Å². The molecule has 2 rings (SSSR count). The Morgan fingerprint density at radius 1 is 1.04 bits per heavy atom. The molecular weight excluding hydrogens is 397 g/mol. The first-order valence-corrected chi connectivity index (χ1v) is 8.68. The Kier molecular flexibility index (Phi) is 7.42. The predicted molar refractivity (Wildman–Crippen MR) is 96.8 cm³/mol. The highest BCUT2D eigenvalue weighted by molar-refractivity contribution is 6.30. The summed E-state index contributed by atoms with van der Waals surface area (Å²) < 4.78 is 38.0. The van der Waals surface area contributed by atoms with Crippen LogP contribution >= 0.6 is 11.6 Å². The van der Waals surface area contributed by atoms with E-state index in [1.807, 2.05) is 0 Å². The number of amides is 2. The highest BCUT2D eigenvalue weighted by Crippen LogP contribution is 2.29. The van der Waals surface area contributed by atoms with Crippen molar-refractivity contribution in [3.63, 3.8) is 0 Å². The Morgan fingerprint density at radius 3 is 2.29 bits per heavy atom. The largest absolute Gasteiger partial charge is 0.416 e. The summed E-state index contributed by atoms with van der Waals surface area (Å²) in [6.07, 6.45) is -4.55. The molecule has 2 aromatic carbocycles. The molecule has 0 aliphatic carbocycles. The van der Waals surface area contributed by atoms with E-state index in [4.69, 9.17) is 16.8 Å². The van der Waals surface area contributed by atoms with E-state index in [0.717, 1.165) is 12.1 Å².